The fourth-order valence-electron chi connectivity index (χ4n) is 3.53. The van der Waals surface area contributed by atoms with Gasteiger partial charge in [0.25, 0.3) is 5.91 Å². The standard InChI is InChI=1S/C19H20N4O/c20-18-15-12-14(9-10-16(15)21-22-18)19(24)23-11-5-4-8-17(23)13-6-2-1-3-7-13/h1-3,6-7,9-10,12,17H,4-5,8,11H2,(H3,20,21,22)/t17-/m1/s1. The molecule has 1 aliphatic heterocycles. The molecule has 1 saturated heterocycles. The van der Waals surface area contributed by atoms with Crippen LogP contribution in [0.15, 0.2) is 48.5 Å². The van der Waals surface area contributed by atoms with Crippen LogP contribution >= 0.6 is 0 Å². The molecule has 3 N–H and O–H groups in total. The highest BCUT2D eigenvalue weighted by Crippen LogP contribution is 2.32. The Morgan fingerprint density at radius 2 is 2.00 bits per heavy atom. The number of aromatic nitrogens is 2. The van der Waals surface area contributed by atoms with Crippen molar-refractivity contribution in [2.45, 2.75) is 25.3 Å². The number of benzene rings is 2. The van der Waals surface area contributed by atoms with Crippen LogP contribution in [0.5, 0.6) is 0 Å². The first-order valence-electron chi connectivity index (χ1n) is 8.33. The van der Waals surface area contributed by atoms with Crippen molar-refractivity contribution >= 4 is 22.6 Å². The first-order chi connectivity index (χ1) is 11.7. The van der Waals surface area contributed by atoms with Gasteiger partial charge in [-0.1, -0.05) is 30.3 Å². The normalized spacial score (nSPS) is 18.0. The summed E-state index contributed by atoms with van der Waals surface area (Å²) in [4.78, 5) is 15.1. The molecule has 1 fully saturated rings. The fourth-order valence-corrected chi connectivity index (χ4v) is 3.53. The van der Waals surface area contributed by atoms with Crippen LogP contribution in [0.1, 0.15) is 41.2 Å². The molecule has 0 aliphatic carbocycles. The lowest BCUT2D eigenvalue weighted by Gasteiger charge is -2.36. The number of H-pyrrole nitrogens is 1. The van der Waals surface area contributed by atoms with E-state index in [0.717, 1.165) is 36.7 Å². The fraction of sp³-hybridized carbons (Fsp3) is 0.263. The minimum absolute atomic E-state index is 0.0612. The van der Waals surface area contributed by atoms with Gasteiger partial charge >= 0.3 is 0 Å². The number of hydrogen-bond acceptors (Lipinski definition) is 3. The third-order valence-corrected chi connectivity index (χ3v) is 4.79. The molecule has 1 aromatic heterocycles. The van der Waals surface area contributed by atoms with E-state index in [0.29, 0.717) is 11.4 Å². The molecule has 2 aromatic carbocycles. The number of nitrogens with zero attached hydrogens (tertiary/aromatic N) is 2. The molecule has 1 atom stereocenters. The van der Waals surface area contributed by atoms with E-state index in [1.807, 2.05) is 41.3 Å². The zero-order valence-corrected chi connectivity index (χ0v) is 13.4. The summed E-state index contributed by atoms with van der Waals surface area (Å²) in [6.45, 7) is 0.789. The Morgan fingerprint density at radius 3 is 2.83 bits per heavy atom. The number of anilines is 1. The van der Waals surface area contributed by atoms with Crippen molar-refractivity contribution in [3.8, 4) is 0 Å². The number of hydrogen-bond donors (Lipinski definition) is 2. The second kappa shape index (κ2) is 6.00. The molecule has 0 spiro atoms. The summed E-state index contributed by atoms with van der Waals surface area (Å²) in [7, 11) is 0. The van der Waals surface area contributed by atoms with Crippen molar-refractivity contribution in [1.82, 2.24) is 15.1 Å². The number of nitrogens with one attached hydrogen (secondary N) is 1. The van der Waals surface area contributed by atoms with Crippen LogP contribution in [0.25, 0.3) is 10.9 Å². The van der Waals surface area contributed by atoms with Crippen LogP contribution in [0.4, 0.5) is 5.82 Å². The van der Waals surface area contributed by atoms with Gasteiger partial charge < -0.3 is 10.6 Å². The summed E-state index contributed by atoms with van der Waals surface area (Å²) in [5, 5.41) is 7.67. The van der Waals surface area contributed by atoms with Crippen molar-refractivity contribution in [1.29, 1.82) is 0 Å². The van der Waals surface area contributed by atoms with Crippen molar-refractivity contribution < 1.29 is 4.79 Å². The maximum atomic E-state index is 13.1. The Morgan fingerprint density at radius 1 is 1.17 bits per heavy atom. The van der Waals surface area contributed by atoms with E-state index < -0.39 is 0 Å². The van der Waals surface area contributed by atoms with E-state index in [4.69, 9.17) is 5.73 Å². The molecule has 5 nitrogen and oxygen atoms in total. The number of aromatic amines is 1. The van der Waals surface area contributed by atoms with E-state index in [1.165, 1.54) is 5.56 Å². The lowest BCUT2D eigenvalue weighted by Crippen LogP contribution is -2.38. The Labute approximate surface area is 140 Å². The first-order valence-corrected chi connectivity index (χ1v) is 8.33. The second-order valence-corrected chi connectivity index (χ2v) is 6.29. The van der Waals surface area contributed by atoms with Gasteiger partial charge in [-0.25, -0.2) is 0 Å². The number of piperidine rings is 1. The van der Waals surface area contributed by atoms with E-state index in [-0.39, 0.29) is 11.9 Å². The number of rotatable bonds is 2. The van der Waals surface area contributed by atoms with Gasteiger partial charge in [0.05, 0.1) is 11.6 Å². The van der Waals surface area contributed by atoms with Crippen LogP contribution in [0.2, 0.25) is 0 Å². The molecule has 5 heteroatoms. The largest absolute Gasteiger partial charge is 0.382 e. The minimum Gasteiger partial charge on any atom is -0.382 e. The van der Waals surface area contributed by atoms with Crippen LogP contribution in [0, 0.1) is 0 Å². The molecule has 1 amide bonds. The number of fused-ring (bicyclic) bond motifs is 1. The Balaban J connectivity index is 1.68. The highest BCUT2D eigenvalue weighted by Gasteiger charge is 2.28. The van der Waals surface area contributed by atoms with Crippen molar-refractivity contribution in [3.05, 3.63) is 59.7 Å². The van der Waals surface area contributed by atoms with Gasteiger partial charge in [0.15, 0.2) is 5.82 Å². The van der Waals surface area contributed by atoms with Crippen LogP contribution in [0.3, 0.4) is 0 Å². The summed E-state index contributed by atoms with van der Waals surface area (Å²) in [6.07, 6.45) is 3.20. The Kier molecular flexibility index (Phi) is 3.69. The number of likely N-dealkylation sites (tertiary alicyclic amines) is 1. The molecule has 3 aromatic rings. The summed E-state index contributed by atoms with van der Waals surface area (Å²) >= 11 is 0. The lowest BCUT2D eigenvalue weighted by atomic mass is 9.94. The van der Waals surface area contributed by atoms with Gasteiger partial charge in [-0.3, -0.25) is 9.89 Å². The van der Waals surface area contributed by atoms with Crippen molar-refractivity contribution in [2.75, 3.05) is 12.3 Å². The number of nitrogen functional groups attached to an aromatic ring is 1. The van der Waals surface area contributed by atoms with Gasteiger partial charge in [-0.05, 0) is 43.0 Å². The van der Waals surface area contributed by atoms with Gasteiger partial charge in [-0.2, -0.15) is 5.10 Å². The predicted octanol–water partition coefficient (Wildman–Crippen LogP) is 3.51. The highest BCUT2D eigenvalue weighted by atomic mass is 16.2. The first kappa shape index (κ1) is 14.8. The maximum absolute atomic E-state index is 13.1. The van der Waals surface area contributed by atoms with Crippen LogP contribution < -0.4 is 5.73 Å². The average molecular weight is 320 g/mol. The van der Waals surface area contributed by atoms with Gasteiger partial charge in [0.1, 0.15) is 0 Å². The SMILES string of the molecule is Nc1n[nH]c2ccc(C(=O)N3CCCC[C@@H]3c3ccccc3)cc12. The Hall–Kier alpha value is -2.82. The molecule has 0 unspecified atom stereocenters. The van der Waals surface area contributed by atoms with Crippen LogP contribution in [-0.4, -0.2) is 27.5 Å². The molecule has 0 radical (unpaired) electrons. The molecule has 0 bridgehead atoms. The topological polar surface area (TPSA) is 75.0 Å². The monoisotopic (exact) mass is 320 g/mol. The van der Waals surface area contributed by atoms with Crippen molar-refractivity contribution in [2.24, 2.45) is 0 Å². The van der Waals surface area contributed by atoms with Gasteiger partial charge in [-0.15, -0.1) is 0 Å². The summed E-state index contributed by atoms with van der Waals surface area (Å²) in [5.74, 6) is 0.490. The lowest BCUT2D eigenvalue weighted by molar-refractivity contribution is 0.0612. The average Bonchev–Trinajstić information content (AvgIpc) is 3.02. The predicted molar refractivity (Wildman–Crippen MR) is 94.6 cm³/mol. The summed E-state index contributed by atoms with van der Waals surface area (Å²) in [5.41, 5.74) is 8.59. The van der Waals surface area contributed by atoms with E-state index in [2.05, 4.69) is 22.3 Å². The number of carbonyl (C=O) groups is 1. The summed E-state index contributed by atoms with van der Waals surface area (Å²) in [6, 6.07) is 16.0. The smallest absolute Gasteiger partial charge is 0.254 e. The minimum atomic E-state index is 0.0612. The molecule has 4 rings (SSSR count). The Bertz CT molecular complexity index is 871. The zero-order valence-electron chi connectivity index (χ0n) is 13.4. The zero-order chi connectivity index (χ0) is 16.5. The number of amides is 1. The van der Waals surface area contributed by atoms with E-state index >= 15 is 0 Å². The maximum Gasteiger partial charge on any atom is 0.254 e. The quantitative estimate of drug-likeness (QED) is 0.758. The summed E-state index contributed by atoms with van der Waals surface area (Å²) < 4.78 is 0. The molecule has 2 heterocycles. The third-order valence-electron chi connectivity index (χ3n) is 4.79. The molecule has 1 aliphatic rings. The number of nitrogens with two attached hydrogens (primary N) is 1. The third kappa shape index (κ3) is 2.52. The molecule has 0 saturated carbocycles. The van der Waals surface area contributed by atoms with Crippen LogP contribution in [-0.2, 0) is 0 Å². The molecular formula is C19H20N4O. The van der Waals surface area contributed by atoms with Crippen molar-refractivity contribution in [3.63, 3.8) is 0 Å². The highest BCUT2D eigenvalue weighted by molar-refractivity contribution is 6.00. The van der Waals surface area contributed by atoms with Gasteiger partial charge in [0, 0.05) is 17.5 Å². The van der Waals surface area contributed by atoms with E-state index in [1.54, 1.807) is 0 Å². The molecular weight excluding hydrogens is 300 g/mol. The second-order valence-electron chi connectivity index (χ2n) is 6.29. The van der Waals surface area contributed by atoms with E-state index in [9.17, 15) is 4.79 Å². The number of carbonyl (C=O) groups excluding carboxylic acids is 1. The molecule has 24 heavy (non-hydrogen) atoms. The van der Waals surface area contributed by atoms with Gasteiger partial charge in [0.2, 0.25) is 0 Å². The molecule has 122 valence electrons.